The first-order valence-electron chi connectivity index (χ1n) is 16.9. The van der Waals surface area contributed by atoms with Crippen molar-refractivity contribution in [2.75, 3.05) is 0 Å². The fourth-order valence-electron chi connectivity index (χ4n) is 7.99. The number of benzene rings is 3. The lowest BCUT2D eigenvalue weighted by Gasteiger charge is -2.29. The molecule has 4 fully saturated rings. The number of imidazole rings is 2. The van der Waals surface area contributed by atoms with Crippen LogP contribution in [0.4, 0.5) is 9.59 Å². The molecule has 2 aliphatic heterocycles. The number of nitrogens with one attached hydrogen (secondary N) is 2. The molecule has 0 spiro atoms. The van der Waals surface area contributed by atoms with Gasteiger partial charge in [0.1, 0.15) is 17.2 Å². The molecule has 3 unspecified atom stereocenters. The Morgan fingerprint density at radius 1 is 0.708 bits per heavy atom. The lowest BCUT2D eigenvalue weighted by molar-refractivity contribution is 0.0175. The number of aromatic nitrogens is 4. The largest absolute Gasteiger partial charge is 0.465 e. The highest BCUT2D eigenvalue weighted by atomic mass is 16.6. The number of H-pyrrole nitrogens is 2. The van der Waals surface area contributed by atoms with E-state index in [0.717, 1.165) is 81.7 Å². The third-order valence-electron chi connectivity index (χ3n) is 10.5. The minimum atomic E-state index is -0.863. The highest BCUT2D eigenvalue weighted by Crippen LogP contribution is 2.54. The van der Waals surface area contributed by atoms with E-state index in [4.69, 9.17) is 9.72 Å². The van der Waals surface area contributed by atoms with Crippen molar-refractivity contribution in [1.82, 2.24) is 29.7 Å². The predicted molar refractivity (Wildman–Crippen MR) is 181 cm³/mol. The summed E-state index contributed by atoms with van der Waals surface area (Å²) in [6, 6.07) is 21.4. The summed E-state index contributed by atoms with van der Waals surface area (Å²) in [7, 11) is 0. The molecule has 5 aromatic rings. The zero-order chi connectivity index (χ0) is 32.9. The standard InChI is InChI=1S/C38H38N6O4/c1-38(2,3)48-37(47)44-31-15-27(31)17-33(44)35-40-19-29(42-35)25-11-10-23-12-22(8-9-24(23)13-25)20-4-6-21(7-5-20)28-18-39-34(41-28)32-16-26-14-30(26)43(32)36(45)46/h4-13,18-19,26-27,30-33H,14-17H2,1-3H3,(H,39,41)(H,40,42)(H,45,46)/t26?,27-,30?,31+,32?,33+/m1/s1. The van der Waals surface area contributed by atoms with Crippen LogP contribution in [0.25, 0.3) is 44.4 Å². The molecule has 2 amide bonds. The Morgan fingerprint density at radius 3 is 1.81 bits per heavy atom. The minimum absolute atomic E-state index is 0.0952. The first-order chi connectivity index (χ1) is 23.1. The van der Waals surface area contributed by atoms with Crippen LogP contribution in [-0.2, 0) is 4.74 Å². The van der Waals surface area contributed by atoms with Crippen LogP contribution in [0.3, 0.4) is 0 Å². The number of carbonyl (C=O) groups excluding carboxylic acids is 1. The number of amides is 2. The molecular weight excluding hydrogens is 604 g/mol. The van der Waals surface area contributed by atoms with E-state index in [1.165, 1.54) is 0 Å². The number of likely N-dealkylation sites (tertiary alicyclic amines) is 2. The van der Waals surface area contributed by atoms with Crippen molar-refractivity contribution in [2.45, 2.75) is 76.2 Å². The van der Waals surface area contributed by atoms with E-state index in [1.54, 1.807) is 11.1 Å². The van der Waals surface area contributed by atoms with E-state index in [1.807, 2.05) is 31.9 Å². The van der Waals surface area contributed by atoms with Crippen LogP contribution in [-0.4, -0.2) is 64.7 Å². The van der Waals surface area contributed by atoms with Crippen molar-refractivity contribution in [3.63, 3.8) is 0 Å². The zero-order valence-corrected chi connectivity index (χ0v) is 27.2. The van der Waals surface area contributed by atoms with Crippen molar-refractivity contribution >= 4 is 23.0 Å². The van der Waals surface area contributed by atoms with E-state index in [2.05, 4.69) is 75.6 Å². The molecule has 4 heterocycles. The fraction of sp³-hybridized carbons (Fsp3) is 0.368. The Morgan fingerprint density at radius 2 is 1.21 bits per heavy atom. The monoisotopic (exact) mass is 642 g/mol. The summed E-state index contributed by atoms with van der Waals surface area (Å²) in [6.45, 7) is 5.71. The highest BCUT2D eigenvalue weighted by molar-refractivity contribution is 5.90. The summed E-state index contributed by atoms with van der Waals surface area (Å²) in [5.74, 6) is 2.53. The number of fused-ring (bicyclic) bond motifs is 3. The first kappa shape index (κ1) is 29.1. The summed E-state index contributed by atoms with van der Waals surface area (Å²) >= 11 is 0. The van der Waals surface area contributed by atoms with Crippen LogP contribution in [0, 0.1) is 11.8 Å². The van der Waals surface area contributed by atoms with Crippen LogP contribution in [0.1, 0.15) is 70.2 Å². The van der Waals surface area contributed by atoms with E-state index < -0.39 is 11.7 Å². The first-order valence-corrected chi connectivity index (χ1v) is 16.9. The molecule has 10 heteroatoms. The van der Waals surface area contributed by atoms with Crippen molar-refractivity contribution in [2.24, 2.45) is 11.8 Å². The van der Waals surface area contributed by atoms with Gasteiger partial charge in [-0.2, -0.15) is 0 Å². The fourth-order valence-corrected chi connectivity index (χ4v) is 7.99. The van der Waals surface area contributed by atoms with Crippen LogP contribution < -0.4 is 0 Å². The predicted octanol–water partition coefficient (Wildman–Crippen LogP) is 8.17. The number of nitrogens with zero attached hydrogens (tertiary/aromatic N) is 4. The number of rotatable bonds is 5. The smallest absolute Gasteiger partial charge is 0.411 e. The second-order valence-corrected chi connectivity index (χ2v) is 14.9. The van der Waals surface area contributed by atoms with Gasteiger partial charge in [0.2, 0.25) is 0 Å². The molecule has 6 atom stereocenters. The average molecular weight is 643 g/mol. The summed E-state index contributed by atoms with van der Waals surface area (Å²) in [5.41, 5.74) is 5.57. The molecule has 3 N–H and O–H groups in total. The zero-order valence-electron chi connectivity index (χ0n) is 27.2. The Kier molecular flexibility index (Phi) is 6.32. The van der Waals surface area contributed by atoms with E-state index in [0.29, 0.717) is 11.8 Å². The van der Waals surface area contributed by atoms with Gasteiger partial charge in [0.05, 0.1) is 35.9 Å². The normalized spacial score (nSPS) is 25.6. The molecule has 244 valence electrons. The third-order valence-corrected chi connectivity index (χ3v) is 10.5. The van der Waals surface area contributed by atoms with Crippen molar-refractivity contribution < 1.29 is 19.4 Å². The van der Waals surface area contributed by atoms with Gasteiger partial charge in [-0.15, -0.1) is 0 Å². The molecule has 10 nitrogen and oxygen atoms in total. The Bertz CT molecular complexity index is 2080. The topological polar surface area (TPSA) is 127 Å². The minimum Gasteiger partial charge on any atom is -0.465 e. The average Bonchev–Trinajstić information content (AvgIpc) is 3.65. The van der Waals surface area contributed by atoms with Crippen LogP contribution in [0.15, 0.2) is 73.1 Å². The van der Waals surface area contributed by atoms with Gasteiger partial charge < -0.3 is 19.8 Å². The maximum atomic E-state index is 13.0. The number of carbonyl (C=O) groups is 2. The SMILES string of the molecule is CC(C)(C)OC(=O)N1[C@H](c2ncc(-c3ccc4cc(-c5ccc(-c6cnc(C7CC8CC8N7C(=O)O)[nH]6)cc5)ccc4c3)[nH]2)C[C@H]2C[C@@H]21. The van der Waals surface area contributed by atoms with Crippen molar-refractivity contribution in [1.29, 1.82) is 0 Å². The summed E-state index contributed by atoms with van der Waals surface area (Å²) in [6.07, 6.45) is 6.31. The van der Waals surface area contributed by atoms with Crippen LogP contribution in [0.2, 0.25) is 0 Å². The molecule has 0 radical (unpaired) electrons. The maximum absolute atomic E-state index is 13.0. The van der Waals surface area contributed by atoms with Gasteiger partial charge in [-0.25, -0.2) is 19.6 Å². The van der Waals surface area contributed by atoms with Gasteiger partial charge in [0, 0.05) is 17.6 Å². The molecular formula is C38H38N6O4. The van der Waals surface area contributed by atoms with Crippen molar-refractivity contribution in [3.8, 4) is 33.6 Å². The molecule has 2 saturated heterocycles. The molecule has 2 aliphatic carbocycles. The second kappa shape index (κ2) is 10.4. The molecule has 3 aromatic carbocycles. The molecule has 48 heavy (non-hydrogen) atoms. The van der Waals surface area contributed by atoms with Crippen molar-refractivity contribution in [3.05, 3.63) is 84.7 Å². The van der Waals surface area contributed by atoms with Crippen LogP contribution >= 0.6 is 0 Å². The number of carboxylic acid groups (broad SMARTS) is 1. The third kappa shape index (κ3) is 5.01. The Hall–Kier alpha value is -5.12. The Balaban J connectivity index is 0.907. The lowest BCUT2D eigenvalue weighted by atomic mass is 9.98. The number of piperidine rings is 2. The Labute approximate surface area is 278 Å². The number of aromatic amines is 2. The number of hydrogen-bond acceptors (Lipinski definition) is 5. The summed E-state index contributed by atoms with van der Waals surface area (Å²) in [4.78, 5) is 44.5. The van der Waals surface area contributed by atoms with Gasteiger partial charge in [-0.05, 0) is 97.9 Å². The van der Waals surface area contributed by atoms with E-state index >= 15 is 0 Å². The van der Waals surface area contributed by atoms with Gasteiger partial charge in [0.15, 0.2) is 0 Å². The maximum Gasteiger partial charge on any atom is 0.411 e. The lowest BCUT2D eigenvalue weighted by Crippen LogP contribution is -2.38. The van der Waals surface area contributed by atoms with E-state index in [9.17, 15) is 14.7 Å². The number of ether oxygens (including phenoxy) is 1. The molecule has 9 rings (SSSR count). The summed E-state index contributed by atoms with van der Waals surface area (Å²) < 4.78 is 5.73. The molecule has 2 aromatic heterocycles. The molecule has 2 saturated carbocycles. The van der Waals surface area contributed by atoms with E-state index in [-0.39, 0.29) is 30.3 Å². The number of hydrogen-bond donors (Lipinski definition) is 3. The summed E-state index contributed by atoms with van der Waals surface area (Å²) in [5, 5.41) is 12.0. The molecule has 0 bridgehead atoms. The highest BCUT2D eigenvalue weighted by Gasteiger charge is 2.57. The quantitative estimate of drug-likeness (QED) is 0.177. The van der Waals surface area contributed by atoms with Crippen LogP contribution in [0.5, 0.6) is 0 Å². The van der Waals surface area contributed by atoms with Gasteiger partial charge >= 0.3 is 12.2 Å². The molecule has 4 aliphatic rings. The van der Waals surface area contributed by atoms with Gasteiger partial charge in [-0.3, -0.25) is 9.80 Å². The van der Waals surface area contributed by atoms with Gasteiger partial charge in [-0.1, -0.05) is 48.5 Å². The second-order valence-electron chi connectivity index (χ2n) is 14.9. The van der Waals surface area contributed by atoms with Gasteiger partial charge in [0.25, 0.3) is 0 Å².